The van der Waals surface area contributed by atoms with Crippen LogP contribution in [0.5, 0.6) is 5.75 Å². The average Bonchev–Trinajstić information content (AvgIpc) is 3.25. The second-order valence-corrected chi connectivity index (χ2v) is 8.72. The summed E-state index contributed by atoms with van der Waals surface area (Å²) >= 11 is 0. The molecule has 2 heterocycles. The zero-order chi connectivity index (χ0) is 18.6. The molecule has 0 spiro atoms. The third-order valence-electron chi connectivity index (χ3n) is 7.03. The molecule has 2 aliphatic heterocycles. The van der Waals surface area contributed by atoms with E-state index < -0.39 is 0 Å². The maximum atomic E-state index is 13.2. The van der Waals surface area contributed by atoms with Crippen LogP contribution in [0, 0.1) is 11.8 Å². The Morgan fingerprint density at radius 3 is 2.78 bits per heavy atom. The summed E-state index contributed by atoms with van der Waals surface area (Å²) in [6.07, 6.45) is 10.6. The molecule has 1 aliphatic carbocycles. The van der Waals surface area contributed by atoms with Crippen molar-refractivity contribution in [2.24, 2.45) is 11.8 Å². The van der Waals surface area contributed by atoms with E-state index in [1.165, 1.54) is 49.7 Å². The van der Waals surface area contributed by atoms with Crippen LogP contribution in [-0.4, -0.2) is 37.0 Å². The summed E-state index contributed by atoms with van der Waals surface area (Å²) in [7, 11) is 1.72. The molecule has 2 atom stereocenters. The minimum Gasteiger partial charge on any atom is -0.497 e. The number of hydrogen-bond acceptors (Lipinski definition) is 3. The molecule has 1 aromatic carbocycles. The Morgan fingerprint density at radius 2 is 2.04 bits per heavy atom. The Balaban J connectivity index is 1.51. The van der Waals surface area contributed by atoms with E-state index in [0.717, 1.165) is 38.2 Å². The van der Waals surface area contributed by atoms with Gasteiger partial charge in [-0.15, -0.1) is 0 Å². The van der Waals surface area contributed by atoms with E-state index in [4.69, 9.17) is 4.74 Å². The number of fused-ring (bicyclic) bond motifs is 1. The highest BCUT2D eigenvalue weighted by Crippen LogP contribution is 2.36. The summed E-state index contributed by atoms with van der Waals surface area (Å²) in [5, 5.41) is 3.42. The maximum absolute atomic E-state index is 13.2. The fourth-order valence-electron chi connectivity index (χ4n) is 5.36. The first-order valence-corrected chi connectivity index (χ1v) is 10.9. The van der Waals surface area contributed by atoms with Crippen LogP contribution < -0.4 is 10.1 Å². The Labute approximate surface area is 163 Å². The molecule has 0 bridgehead atoms. The van der Waals surface area contributed by atoms with Gasteiger partial charge in [0.05, 0.1) is 7.11 Å². The quantitative estimate of drug-likeness (QED) is 0.854. The third kappa shape index (κ3) is 4.31. The summed E-state index contributed by atoms with van der Waals surface area (Å²) in [4.78, 5) is 15.5. The summed E-state index contributed by atoms with van der Waals surface area (Å²) in [5.41, 5.74) is 2.69. The van der Waals surface area contributed by atoms with Crippen molar-refractivity contribution >= 4 is 5.91 Å². The van der Waals surface area contributed by atoms with E-state index >= 15 is 0 Å². The van der Waals surface area contributed by atoms with Gasteiger partial charge in [0, 0.05) is 19.0 Å². The molecule has 3 aliphatic rings. The molecule has 1 saturated heterocycles. The highest BCUT2D eigenvalue weighted by Gasteiger charge is 2.35. The fraction of sp³-hybridized carbons (Fsp3) is 0.696. The zero-order valence-corrected chi connectivity index (χ0v) is 16.7. The van der Waals surface area contributed by atoms with Gasteiger partial charge in [0.2, 0.25) is 5.91 Å². The van der Waals surface area contributed by atoms with Crippen molar-refractivity contribution in [2.45, 2.75) is 70.4 Å². The molecule has 0 aromatic heterocycles. The van der Waals surface area contributed by atoms with Crippen molar-refractivity contribution in [1.29, 1.82) is 0 Å². The molecular formula is C23H34N2O2. The summed E-state index contributed by atoms with van der Waals surface area (Å²) in [6, 6.07) is 6.81. The van der Waals surface area contributed by atoms with Crippen LogP contribution in [0.1, 0.15) is 62.5 Å². The van der Waals surface area contributed by atoms with E-state index in [9.17, 15) is 4.79 Å². The molecule has 0 radical (unpaired) electrons. The van der Waals surface area contributed by atoms with Gasteiger partial charge in [0.1, 0.15) is 5.75 Å². The number of ether oxygens (including phenoxy) is 1. The first-order chi connectivity index (χ1) is 13.2. The van der Waals surface area contributed by atoms with Gasteiger partial charge in [-0.1, -0.05) is 25.3 Å². The lowest BCUT2D eigenvalue weighted by Crippen LogP contribution is -2.48. The minimum atomic E-state index is 0.367. The number of nitrogens with one attached hydrogen (secondary N) is 1. The van der Waals surface area contributed by atoms with Crippen LogP contribution in [0.3, 0.4) is 0 Å². The molecule has 27 heavy (non-hydrogen) atoms. The van der Waals surface area contributed by atoms with Crippen molar-refractivity contribution in [3.8, 4) is 5.75 Å². The van der Waals surface area contributed by atoms with Crippen LogP contribution in [0.15, 0.2) is 18.2 Å². The fourth-order valence-corrected chi connectivity index (χ4v) is 5.36. The van der Waals surface area contributed by atoms with Crippen molar-refractivity contribution in [2.75, 3.05) is 20.2 Å². The molecule has 2 fully saturated rings. The lowest BCUT2D eigenvalue weighted by Gasteiger charge is -2.43. The number of hydrogen-bond donors (Lipinski definition) is 1. The first-order valence-electron chi connectivity index (χ1n) is 10.9. The number of rotatable bonds is 5. The molecule has 4 heteroatoms. The van der Waals surface area contributed by atoms with Crippen LogP contribution in [0.2, 0.25) is 0 Å². The lowest BCUT2D eigenvalue weighted by atomic mass is 9.78. The second kappa shape index (κ2) is 8.64. The molecular weight excluding hydrogens is 336 g/mol. The van der Waals surface area contributed by atoms with Crippen molar-refractivity contribution in [3.05, 3.63) is 29.3 Å². The van der Waals surface area contributed by atoms with Gasteiger partial charge in [-0.25, -0.2) is 0 Å². The van der Waals surface area contributed by atoms with E-state index in [1.807, 2.05) is 0 Å². The smallest absolute Gasteiger partial charge is 0.223 e. The molecule has 2 unspecified atom stereocenters. The second-order valence-electron chi connectivity index (χ2n) is 8.72. The Kier molecular flexibility index (Phi) is 6.01. The van der Waals surface area contributed by atoms with Crippen molar-refractivity contribution in [3.63, 3.8) is 0 Å². The van der Waals surface area contributed by atoms with Gasteiger partial charge in [-0.2, -0.15) is 0 Å². The predicted octanol–water partition coefficient (Wildman–Crippen LogP) is 3.92. The number of methoxy groups -OCH3 is 1. The normalized spacial score (nSPS) is 26.0. The van der Waals surface area contributed by atoms with Gasteiger partial charge in [-0.05, 0) is 80.3 Å². The van der Waals surface area contributed by atoms with Gasteiger partial charge in [0.25, 0.3) is 0 Å². The molecule has 148 valence electrons. The Bertz CT molecular complexity index is 648. The minimum absolute atomic E-state index is 0.367. The third-order valence-corrected chi connectivity index (χ3v) is 7.03. The SMILES string of the molecule is COc1ccc2c(c1)CN(C(=O)CCC1CCNC1)C(C1CCCCC1)C2. The van der Waals surface area contributed by atoms with Crippen LogP contribution in [-0.2, 0) is 17.8 Å². The van der Waals surface area contributed by atoms with Crippen molar-refractivity contribution in [1.82, 2.24) is 10.2 Å². The molecule has 4 nitrogen and oxygen atoms in total. The van der Waals surface area contributed by atoms with Crippen LogP contribution >= 0.6 is 0 Å². The number of carbonyl (C=O) groups excluding carboxylic acids is 1. The molecule has 1 saturated carbocycles. The monoisotopic (exact) mass is 370 g/mol. The van der Waals surface area contributed by atoms with Crippen molar-refractivity contribution < 1.29 is 9.53 Å². The molecule has 1 aromatic rings. The number of amides is 1. The highest BCUT2D eigenvalue weighted by atomic mass is 16.5. The van der Waals surface area contributed by atoms with Gasteiger partial charge < -0.3 is 15.0 Å². The van der Waals surface area contributed by atoms with Gasteiger partial charge in [-0.3, -0.25) is 4.79 Å². The molecule has 1 amide bonds. The van der Waals surface area contributed by atoms with Crippen LogP contribution in [0.25, 0.3) is 0 Å². The first kappa shape index (κ1) is 18.8. The van der Waals surface area contributed by atoms with Gasteiger partial charge in [0.15, 0.2) is 0 Å². The van der Waals surface area contributed by atoms with Crippen LogP contribution in [0.4, 0.5) is 0 Å². The summed E-state index contributed by atoms with van der Waals surface area (Å²) < 4.78 is 5.42. The number of carbonyl (C=O) groups is 1. The van der Waals surface area contributed by atoms with E-state index in [1.54, 1.807) is 7.11 Å². The molecule has 4 rings (SSSR count). The van der Waals surface area contributed by atoms with Gasteiger partial charge >= 0.3 is 0 Å². The Morgan fingerprint density at radius 1 is 1.19 bits per heavy atom. The Hall–Kier alpha value is -1.55. The zero-order valence-electron chi connectivity index (χ0n) is 16.7. The van der Waals surface area contributed by atoms with E-state index in [2.05, 4.69) is 28.4 Å². The summed E-state index contributed by atoms with van der Waals surface area (Å²) in [5.74, 6) is 2.62. The topological polar surface area (TPSA) is 41.6 Å². The van der Waals surface area contributed by atoms with E-state index in [-0.39, 0.29) is 0 Å². The summed E-state index contributed by atoms with van der Waals surface area (Å²) in [6.45, 7) is 2.95. The standard InChI is InChI=1S/C23H34N2O2/c1-27-21-9-8-19-14-22(18-5-3-2-4-6-18)25(16-20(19)13-21)23(26)10-7-17-11-12-24-15-17/h8-9,13,17-18,22,24H,2-7,10-12,14-16H2,1H3. The largest absolute Gasteiger partial charge is 0.497 e. The molecule has 1 N–H and O–H groups in total. The lowest BCUT2D eigenvalue weighted by molar-refractivity contribution is -0.136. The highest BCUT2D eigenvalue weighted by molar-refractivity contribution is 5.77. The number of benzene rings is 1. The van der Waals surface area contributed by atoms with E-state index in [0.29, 0.717) is 30.2 Å². The maximum Gasteiger partial charge on any atom is 0.223 e. The average molecular weight is 371 g/mol. The predicted molar refractivity (Wildman–Crippen MR) is 108 cm³/mol. The number of nitrogens with zero attached hydrogens (tertiary/aromatic N) is 1.